The van der Waals surface area contributed by atoms with Gasteiger partial charge in [0, 0.05) is 29.7 Å². The van der Waals surface area contributed by atoms with Crippen LogP contribution in [0.1, 0.15) is 12.5 Å². The fraction of sp³-hybridized carbons (Fsp3) is 0.200. The van der Waals surface area contributed by atoms with E-state index < -0.39 is 0 Å². The second-order valence-electron chi connectivity index (χ2n) is 6.34. The van der Waals surface area contributed by atoms with Crippen LogP contribution in [0.15, 0.2) is 53.2 Å². The lowest BCUT2D eigenvalue weighted by Gasteiger charge is -2.21. The highest BCUT2D eigenvalue weighted by Gasteiger charge is 2.30. The molecule has 0 aliphatic carbocycles. The molecule has 0 atom stereocenters. The standard InChI is InChI=1S/C20H18N4O/c1-3-23-12-24(19-16(23)7-5-10-21-19)17-13(2)8-9-14-15-6-4-11-22-20(15)25-18(14)17/h4-11H,3,12H2,1-2H3. The molecule has 25 heavy (non-hydrogen) atoms. The summed E-state index contributed by atoms with van der Waals surface area (Å²) in [6.45, 7) is 5.99. The van der Waals surface area contributed by atoms with Crippen molar-refractivity contribution in [1.29, 1.82) is 0 Å². The number of rotatable bonds is 2. The molecule has 0 saturated carbocycles. The number of hydrogen-bond donors (Lipinski definition) is 0. The van der Waals surface area contributed by atoms with Gasteiger partial charge in [-0.1, -0.05) is 12.1 Å². The van der Waals surface area contributed by atoms with Gasteiger partial charge in [0.15, 0.2) is 11.4 Å². The van der Waals surface area contributed by atoms with Crippen LogP contribution in [0.3, 0.4) is 0 Å². The Morgan fingerprint density at radius 1 is 1.04 bits per heavy atom. The van der Waals surface area contributed by atoms with Gasteiger partial charge < -0.3 is 14.2 Å². The van der Waals surface area contributed by atoms with Crippen LogP contribution in [0.4, 0.5) is 17.2 Å². The van der Waals surface area contributed by atoms with E-state index in [1.807, 2.05) is 18.3 Å². The fourth-order valence-electron chi connectivity index (χ4n) is 3.70. The summed E-state index contributed by atoms with van der Waals surface area (Å²) in [5.41, 5.74) is 4.96. The Balaban J connectivity index is 1.80. The average Bonchev–Trinajstić information content (AvgIpc) is 3.20. The summed E-state index contributed by atoms with van der Waals surface area (Å²) in [6.07, 6.45) is 3.61. The van der Waals surface area contributed by atoms with Gasteiger partial charge in [-0.15, -0.1) is 0 Å². The fourth-order valence-corrected chi connectivity index (χ4v) is 3.70. The van der Waals surface area contributed by atoms with E-state index in [0.717, 1.165) is 46.8 Å². The molecule has 5 heteroatoms. The number of furan rings is 1. The van der Waals surface area contributed by atoms with Crippen LogP contribution >= 0.6 is 0 Å². The van der Waals surface area contributed by atoms with Crippen molar-refractivity contribution in [2.24, 2.45) is 0 Å². The molecular formula is C20H18N4O. The molecule has 0 fully saturated rings. The zero-order chi connectivity index (χ0) is 17.0. The molecule has 0 radical (unpaired) electrons. The summed E-state index contributed by atoms with van der Waals surface area (Å²) < 4.78 is 6.16. The first-order chi connectivity index (χ1) is 12.3. The minimum absolute atomic E-state index is 0.678. The van der Waals surface area contributed by atoms with Crippen molar-refractivity contribution in [2.45, 2.75) is 13.8 Å². The molecule has 3 aromatic heterocycles. The van der Waals surface area contributed by atoms with Gasteiger partial charge in [-0.2, -0.15) is 0 Å². The molecule has 1 aliphatic heterocycles. The SMILES string of the molecule is CCN1CN(c2c(C)ccc3c2oc2ncccc23)c2ncccc21. The summed E-state index contributed by atoms with van der Waals surface area (Å²) in [4.78, 5) is 13.6. The number of hydrogen-bond acceptors (Lipinski definition) is 5. The zero-order valence-corrected chi connectivity index (χ0v) is 14.2. The van der Waals surface area contributed by atoms with E-state index in [1.165, 1.54) is 5.56 Å². The van der Waals surface area contributed by atoms with Crippen molar-refractivity contribution in [3.8, 4) is 0 Å². The molecule has 0 bridgehead atoms. The Labute approximate surface area is 145 Å². The predicted molar refractivity (Wildman–Crippen MR) is 101 cm³/mol. The third-order valence-corrected chi connectivity index (χ3v) is 4.92. The topological polar surface area (TPSA) is 45.4 Å². The lowest BCUT2D eigenvalue weighted by atomic mass is 10.1. The summed E-state index contributed by atoms with van der Waals surface area (Å²) >= 11 is 0. The van der Waals surface area contributed by atoms with Crippen LogP contribution in [0.2, 0.25) is 0 Å². The van der Waals surface area contributed by atoms with Crippen molar-refractivity contribution in [3.63, 3.8) is 0 Å². The molecule has 4 heterocycles. The van der Waals surface area contributed by atoms with Crippen molar-refractivity contribution in [2.75, 3.05) is 23.0 Å². The first-order valence-electron chi connectivity index (χ1n) is 8.52. The van der Waals surface area contributed by atoms with Crippen molar-refractivity contribution in [3.05, 3.63) is 54.4 Å². The Morgan fingerprint density at radius 2 is 1.88 bits per heavy atom. The van der Waals surface area contributed by atoms with Gasteiger partial charge in [0.2, 0.25) is 5.71 Å². The zero-order valence-electron chi connectivity index (χ0n) is 14.2. The molecule has 5 nitrogen and oxygen atoms in total. The molecule has 1 aromatic carbocycles. The maximum absolute atomic E-state index is 6.16. The lowest BCUT2D eigenvalue weighted by Crippen LogP contribution is -2.28. The molecular weight excluding hydrogens is 312 g/mol. The van der Waals surface area contributed by atoms with Gasteiger partial charge in [0.05, 0.1) is 18.0 Å². The van der Waals surface area contributed by atoms with Crippen molar-refractivity contribution in [1.82, 2.24) is 9.97 Å². The minimum Gasteiger partial charge on any atom is -0.435 e. The minimum atomic E-state index is 0.678. The quantitative estimate of drug-likeness (QED) is 0.536. The Hall–Kier alpha value is -3.08. The molecule has 0 unspecified atom stereocenters. The Bertz CT molecular complexity index is 1100. The third-order valence-electron chi connectivity index (χ3n) is 4.92. The second kappa shape index (κ2) is 5.21. The van der Waals surface area contributed by atoms with Gasteiger partial charge in [-0.25, -0.2) is 9.97 Å². The lowest BCUT2D eigenvalue weighted by molar-refractivity contribution is 0.652. The first-order valence-corrected chi connectivity index (χ1v) is 8.52. The van der Waals surface area contributed by atoms with E-state index in [-0.39, 0.29) is 0 Å². The molecule has 0 amide bonds. The molecule has 0 saturated heterocycles. The van der Waals surface area contributed by atoms with Crippen LogP contribution in [0.25, 0.3) is 22.1 Å². The maximum atomic E-state index is 6.16. The van der Waals surface area contributed by atoms with E-state index >= 15 is 0 Å². The Kier molecular flexibility index (Phi) is 2.98. The Morgan fingerprint density at radius 3 is 2.76 bits per heavy atom. The summed E-state index contributed by atoms with van der Waals surface area (Å²) in [6, 6.07) is 12.4. The van der Waals surface area contributed by atoms with Crippen LogP contribution in [0.5, 0.6) is 0 Å². The molecule has 0 spiro atoms. The monoisotopic (exact) mass is 330 g/mol. The summed E-state index contributed by atoms with van der Waals surface area (Å²) in [5, 5.41) is 2.14. The average molecular weight is 330 g/mol. The smallest absolute Gasteiger partial charge is 0.227 e. The van der Waals surface area contributed by atoms with Crippen molar-refractivity contribution < 1.29 is 4.42 Å². The number of anilines is 3. The van der Waals surface area contributed by atoms with Gasteiger partial charge in [0.25, 0.3) is 0 Å². The molecule has 124 valence electrons. The first kappa shape index (κ1) is 14.3. The van der Waals surface area contributed by atoms with Crippen LogP contribution in [0, 0.1) is 6.92 Å². The number of nitrogens with zero attached hydrogens (tertiary/aromatic N) is 4. The van der Waals surface area contributed by atoms with Crippen LogP contribution in [-0.2, 0) is 0 Å². The van der Waals surface area contributed by atoms with Crippen LogP contribution in [-0.4, -0.2) is 23.2 Å². The van der Waals surface area contributed by atoms with Crippen molar-refractivity contribution >= 4 is 39.3 Å². The van der Waals surface area contributed by atoms with Gasteiger partial charge in [-0.05, 0) is 43.7 Å². The highest BCUT2D eigenvalue weighted by molar-refractivity contribution is 6.09. The highest BCUT2D eigenvalue weighted by Crippen LogP contribution is 2.44. The number of benzene rings is 1. The second-order valence-corrected chi connectivity index (χ2v) is 6.34. The summed E-state index contributed by atoms with van der Waals surface area (Å²) in [5.74, 6) is 0.980. The van der Waals surface area contributed by atoms with E-state index in [2.05, 4.69) is 57.9 Å². The van der Waals surface area contributed by atoms with Gasteiger partial charge in [0.1, 0.15) is 0 Å². The maximum Gasteiger partial charge on any atom is 0.227 e. The molecule has 4 aromatic rings. The number of fused-ring (bicyclic) bond motifs is 4. The summed E-state index contributed by atoms with van der Waals surface area (Å²) in [7, 11) is 0. The molecule has 1 aliphatic rings. The van der Waals surface area contributed by atoms with E-state index in [0.29, 0.717) is 5.71 Å². The van der Waals surface area contributed by atoms with E-state index in [4.69, 9.17) is 4.42 Å². The van der Waals surface area contributed by atoms with E-state index in [1.54, 1.807) is 6.20 Å². The number of pyridine rings is 2. The third kappa shape index (κ3) is 1.95. The largest absolute Gasteiger partial charge is 0.435 e. The molecule has 5 rings (SSSR count). The van der Waals surface area contributed by atoms with Crippen LogP contribution < -0.4 is 9.80 Å². The van der Waals surface area contributed by atoms with Gasteiger partial charge >= 0.3 is 0 Å². The number of aryl methyl sites for hydroxylation is 1. The normalized spacial score (nSPS) is 13.8. The highest BCUT2D eigenvalue weighted by atomic mass is 16.3. The number of aromatic nitrogens is 2. The predicted octanol–water partition coefficient (Wildman–Crippen LogP) is 4.62. The molecule has 0 N–H and O–H groups in total. The van der Waals surface area contributed by atoms with E-state index in [9.17, 15) is 0 Å². The van der Waals surface area contributed by atoms with Gasteiger partial charge in [-0.3, -0.25) is 0 Å².